The first kappa shape index (κ1) is 19.0. The van der Waals surface area contributed by atoms with Gasteiger partial charge in [0.2, 0.25) is 5.16 Å². The van der Waals surface area contributed by atoms with Crippen LogP contribution >= 0.6 is 34.9 Å². The fourth-order valence-electron chi connectivity index (χ4n) is 2.72. The fourth-order valence-corrected chi connectivity index (χ4v) is 5.00. The number of thiazole rings is 1. The topological polar surface area (TPSA) is 82.0 Å². The second-order valence-corrected chi connectivity index (χ2v) is 9.12. The Morgan fingerprint density at radius 2 is 2.00 bits per heavy atom. The van der Waals surface area contributed by atoms with Gasteiger partial charge in [0, 0.05) is 0 Å². The second kappa shape index (κ2) is 8.42. The summed E-state index contributed by atoms with van der Waals surface area (Å²) in [6, 6.07) is 19.5. The van der Waals surface area contributed by atoms with E-state index < -0.39 is 0 Å². The van der Waals surface area contributed by atoms with Crippen LogP contribution in [0.25, 0.3) is 15.9 Å². The van der Waals surface area contributed by atoms with Gasteiger partial charge in [-0.05, 0) is 70.9 Å². The van der Waals surface area contributed by atoms with Gasteiger partial charge in [0.1, 0.15) is 5.76 Å². The molecule has 0 aliphatic carbocycles. The van der Waals surface area contributed by atoms with Crippen LogP contribution < -0.4 is 0 Å². The lowest BCUT2D eigenvalue weighted by atomic mass is 10.3. The molecule has 148 valence electrons. The number of aromatic nitrogens is 5. The molecule has 0 spiro atoms. The van der Waals surface area contributed by atoms with E-state index >= 15 is 0 Å². The number of tetrazole rings is 1. The molecule has 0 bridgehead atoms. The van der Waals surface area contributed by atoms with Crippen LogP contribution in [0.15, 0.2) is 84.7 Å². The SMILES string of the molecule is CSc1nc2ccc(N=Cc3ccc(Sc4nnnn4-c4ccccc4)o3)cc2s1. The molecule has 0 fully saturated rings. The predicted molar refractivity (Wildman–Crippen MR) is 121 cm³/mol. The molecule has 3 aromatic heterocycles. The highest BCUT2D eigenvalue weighted by Gasteiger charge is 2.12. The largest absolute Gasteiger partial charge is 0.448 e. The van der Waals surface area contributed by atoms with Gasteiger partial charge >= 0.3 is 0 Å². The molecule has 0 radical (unpaired) electrons. The normalized spacial score (nSPS) is 11.6. The summed E-state index contributed by atoms with van der Waals surface area (Å²) in [5.41, 5.74) is 2.75. The van der Waals surface area contributed by atoms with Crippen molar-refractivity contribution < 1.29 is 4.42 Å². The maximum Gasteiger partial charge on any atom is 0.221 e. The second-order valence-electron chi connectivity index (χ2n) is 6.06. The van der Waals surface area contributed by atoms with E-state index in [0.29, 0.717) is 16.0 Å². The van der Waals surface area contributed by atoms with E-state index in [9.17, 15) is 0 Å². The molecule has 3 heterocycles. The maximum absolute atomic E-state index is 5.87. The van der Waals surface area contributed by atoms with Gasteiger partial charge in [0.05, 0.1) is 27.8 Å². The van der Waals surface area contributed by atoms with Gasteiger partial charge < -0.3 is 4.42 Å². The van der Waals surface area contributed by atoms with Crippen molar-refractivity contribution in [2.45, 2.75) is 14.6 Å². The Labute approximate surface area is 184 Å². The lowest BCUT2D eigenvalue weighted by molar-refractivity contribution is 0.468. The summed E-state index contributed by atoms with van der Waals surface area (Å²) in [7, 11) is 0. The van der Waals surface area contributed by atoms with Crippen molar-refractivity contribution in [2.75, 3.05) is 6.26 Å². The smallest absolute Gasteiger partial charge is 0.221 e. The molecule has 30 heavy (non-hydrogen) atoms. The monoisotopic (exact) mass is 450 g/mol. The zero-order valence-corrected chi connectivity index (χ0v) is 18.1. The Morgan fingerprint density at radius 1 is 1.10 bits per heavy atom. The van der Waals surface area contributed by atoms with Crippen molar-refractivity contribution >= 4 is 57.0 Å². The van der Waals surface area contributed by atoms with Gasteiger partial charge in [-0.15, -0.1) is 16.4 Å². The summed E-state index contributed by atoms with van der Waals surface area (Å²) in [6.07, 6.45) is 3.74. The molecule has 2 aromatic carbocycles. The lowest BCUT2D eigenvalue weighted by Crippen LogP contribution is -1.97. The molecule has 10 heteroatoms. The molecule has 0 aliphatic rings. The molecular weight excluding hydrogens is 436 g/mol. The van der Waals surface area contributed by atoms with Crippen molar-refractivity contribution in [2.24, 2.45) is 4.99 Å². The number of nitrogens with zero attached hydrogens (tertiary/aromatic N) is 6. The minimum Gasteiger partial charge on any atom is -0.448 e. The van der Waals surface area contributed by atoms with Crippen LogP contribution in [0.3, 0.4) is 0 Å². The number of aliphatic imine (C=N–C) groups is 1. The summed E-state index contributed by atoms with van der Waals surface area (Å²) >= 11 is 4.67. The van der Waals surface area contributed by atoms with Crippen molar-refractivity contribution in [1.82, 2.24) is 25.2 Å². The molecule has 0 N–H and O–H groups in total. The molecule has 0 saturated heterocycles. The first-order valence-corrected chi connectivity index (χ1v) is 11.7. The molecule has 0 unspecified atom stereocenters. The van der Waals surface area contributed by atoms with E-state index in [1.54, 1.807) is 34.0 Å². The molecule has 0 saturated carbocycles. The van der Waals surface area contributed by atoms with E-state index in [1.165, 1.54) is 11.8 Å². The number of hydrogen-bond acceptors (Lipinski definition) is 9. The van der Waals surface area contributed by atoms with E-state index in [4.69, 9.17) is 4.42 Å². The van der Waals surface area contributed by atoms with Crippen LogP contribution in [-0.2, 0) is 0 Å². The highest BCUT2D eigenvalue weighted by Crippen LogP contribution is 2.31. The van der Waals surface area contributed by atoms with Gasteiger partial charge in [-0.1, -0.05) is 30.0 Å². The standard InChI is InChI=1S/C20H14N6OS3/c1-28-20-22-16-9-7-13(11-17(16)29-20)21-12-15-8-10-18(27-15)30-19-23-24-25-26(19)14-5-3-2-4-6-14/h2-12H,1H3. The van der Waals surface area contributed by atoms with Crippen LogP contribution in [0.2, 0.25) is 0 Å². The van der Waals surface area contributed by atoms with Gasteiger partial charge in [-0.2, -0.15) is 4.68 Å². The highest BCUT2D eigenvalue weighted by atomic mass is 32.2. The van der Waals surface area contributed by atoms with Crippen molar-refractivity contribution in [3.63, 3.8) is 0 Å². The molecule has 7 nitrogen and oxygen atoms in total. The molecular formula is C20H14N6OS3. The number of furan rings is 1. The molecule has 5 rings (SSSR count). The predicted octanol–water partition coefficient (Wildman–Crippen LogP) is 5.49. The summed E-state index contributed by atoms with van der Waals surface area (Å²) in [6.45, 7) is 0. The van der Waals surface area contributed by atoms with Crippen LogP contribution in [-0.4, -0.2) is 37.7 Å². The minimum atomic E-state index is 0.624. The number of benzene rings is 2. The minimum absolute atomic E-state index is 0.624. The summed E-state index contributed by atoms with van der Waals surface area (Å²) < 4.78 is 9.72. The van der Waals surface area contributed by atoms with Gasteiger partial charge in [0.25, 0.3) is 0 Å². The third-order valence-corrected chi connectivity index (χ3v) is 6.96. The van der Waals surface area contributed by atoms with Gasteiger partial charge in [0.15, 0.2) is 9.43 Å². The Bertz CT molecular complexity index is 1320. The maximum atomic E-state index is 5.87. The number of thioether (sulfide) groups is 1. The fraction of sp³-hybridized carbons (Fsp3) is 0.0500. The number of rotatable bonds is 6. The van der Waals surface area contributed by atoms with Crippen LogP contribution in [0, 0.1) is 0 Å². The highest BCUT2D eigenvalue weighted by molar-refractivity contribution is 8.00. The number of para-hydroxylation sites is 1. The summed E-state index contributed by atoms with van der Waals surface area (Å²) in [5.74, 6) is 0.658. The first-order chi connectivity index (χ1) is 14.8. The molecule has 5 aromatic rings. The Kier molecular flexibility index (Phi) is 5.35. The van der Waals surface area contributed by atoms with Crippen molar-refractivity contribution in [3.05, 3.63) is 66.4 Å². The van der Waals surface area contributed by atoms with Crippen LogP contribution in [0.5, 0.6) is 0 Å². The van der Waals surface area contributed by atoms with E-state index in [2.05, 4.69) is 25.5 Å². The Balaban J connectivity index is 1.32. The van der Waals surface area contributed by atoms with Crippen LogP contribution in [0.1, 0.15) is 5.76 Å². The molecule has 0 atom stereocenters. The Hall–Kier alpha value is -2.95. The van der Waals surface area contributed by atoms with E-state index in [-0.39, 0.29) is 0 Å². The average molecular weight is 451 g/mol. The lowest BCUT2D eigenvalue weighted by Gasteiger charge is -2.01. The summed E-state index contributed by atoms with van der Waals surface area (Å²) in [5, 5.41) is 13.2. The first-order valence-electron chi connectivity index (χ1n) is 8.89. The van der Waals surface area contributed by atoms with Crippen molar-refractivity contribution in [3.8, 4) is 5.69 Å². The number of fused-ring (bicyclic) bond motifs is 1. The summed E-state index contributed by atoms with van der Waals surface area (Å²) in [4.78, 5) is 9.08. The molecule has 0 amide bonds. The third-order valence-electron chi connectivity index (χ3n) is 4.10. The Morgan fingerprint density at radius 3 is 2.87 bits per heavy atom. The quantitative estimate of drug-likeness (QED) is 0.250. The number of hydrogen-bond donors (Lipinski definition) is 0. The van der Waals surface area contributed by atoms with Gasteiger partial charge in [-0.3, -0.25) is 4.99 Å². The zero-order valence-electron chi connectivity index (χ0n) is 15.7. The van der Waals surface area contributed by atoms with Gasteiger partial charge in [-0.25, -0.2) is 4.98 Å². The third kappa shape index (κ3) is 4.02. The van der Waals surface area contributed by atoms with Crippen LogP contribution in [0.4, 0.5) is 5.69 Å². The average Bonchev–Trinajstić information content (AvgIpc) is 3.52. The molecule has 0 aliphatic heterocycles. The van der Waals surface area contributed by atoms with Crippen molar-refractivity contribution in [1.29, 1.82) is 0 Å². The van der Waals surface area contributed by atoms with E-state index in [0.717, 1.165) is 25.9 Å². The zero-order chi connectivity index (χ0) is 20.3. The van der Waals surface area contributed by atoms with E-state index in [1.807, 2.05) is 66.9 Å².